The van der Waals surface area contributed by atoms with Crippen molar-refractivity contribution in [3.8, 4) is 11.5 Å². The van der Waals surface area contributed by atoms with Gasteiger partial charge in [-0.3, -0.25) is 0 Å². The fraction of sp³-hybridized carbons (Fsp3) is 0.333. The molecule has 1 aliphatic rings. The van der Waals surface area contributed by atoms with Crippen LogP contribution in [-0.4, -0.2) is 32.0 Å². The molecule has 1 aliphatic heterocycles. The SMILES string of the molecule is COC(=O)c1cc(CO/N=C(\C)c2ccc3c(c2)OCCO3)oc1C. The summed E-state index contributed by atoms with van der Waals surface area (Å²) < 4.78 is 21.2. The third kappa shape index (κ3) is 3.76. The molecule has 0 aliphatic carbocycles. The van der Waals surface area contributed by atoms with Crippen LogP contribution in [0.25, 0.3) is 0 Å². The molecule has 0 spiro atoms. The van der Waals surface area contributed by atoms with Crippen molar-refractivity contribution in [2.45, 2.75) is 20.5 Å². The zero-order chi connectivity index (χ0) is 17.8. The van der Waals surface area contributed by atoms with Gasteiger partial charge in [0, 0.05) is 5.56 Å². The van der Waals surface area contributed by atoms with E-state index in [1.807, 2.05) is 25.1 Å². The van der Waals surface area contributed by atoms with Crippen molar-refractivity contribution < 1.29 is 28.3 Å². The van der Waals surface area contributed by atoms with E-state index in [0.717, 1.165) is 11.3 Å². The normalized spacial score (nSPS) is 13.5. The number of aryl methyl sites for hydroxylation is 1. The van der Waals surface area contributed by atoms with E-state index in [-0.39, 0.29) is 6.61 Å². The molecule has 0 saturated heterocycles. The number of fused-ring (bicyclic) bond motifs is 1. The number of esters is 1. The van der Waals surface area contributed by atoms with Crippen LogP contribution in [0.4, 0.5) is 0 Å². The highest BCUT2D eigenvalue weighted by Crippen LogP contribution is 2.31. The predicted octanol–water partition coefficient (Wildman–Crippen LogP) is 3.09. The average molecular weight is 345 g/mol. The summed E-state index contributed by atoms with van der Waals surface area (Å²) in [5.41, 5.74) is 1.94. The van der Waals surface area contributed by atoms with E-state index in [1.54, 1.807) is 13.0 Å². The number of furan rings is 1. The van der Waals surface area contributed by atoms with Crippen LogP contribution >= 0.6 is 0 Å². The van der Waals surface area contributed by atoms with Crippen LogP contribution in [0.3, 0.4) is 0 Å². The summed E-state index contributed by atoms with van der Waals surface area (Å²) in [6, 6.07) is 7.20. The smallest absolute Gasteiger partial charge is 0.341 e. The number of methoxy groups -OCH3 is 1. The lowest BCUT2D eigenvalue weighted by Gasteiger charge is -2.18. The molecular weight excluding hydrogens is 326 g/mol. The van der Waals surface area contributed by atoms with Crippen molar-refractivity contribution in [1.82, 2.24) is 0 Å². The molecule has 0 bridgehead atoms. The molecule has 2 aromatic rings. The van der Waals surface area contributed by atoms with Gasteiger partial charge >= 0.3 is 5.97 Å². The number of rotatable bonds is 5. The van der Waals surface area contributed by atoms with Crippen molar-refractivity contribution in [2.75, 3.05) is 20.3 Å². The fourth-order valence-electron chi connectivity index (χ4n) is 2.44. The Labute approximate surface area is 145 Å². The van der Waals surface area contributed by atoms with E-state index in [4.69, 9.17) is 18.7 Å². The Bertz CT molecular complexity index is 808. The molecule has 0 amide bonds. The molecule has 7 nitrogen and oxygen atoms in total. The number of hydrogen-bond donors (Lipinski definition) is 0. The van der Waals surface area contributed by atoms with E-state index in [2.05, 4.69) is 9.89 Å². The van der Waals surface area contributed by atoms with Crippen LogP contribution in [-0.2, 0) is 16.2 Å². The van der Waals surface area contributed by atoms with Gasteiger partial charge in [0.05, 0.1) is 12.8 Å². The van der Waals surface area contributed by atoms with Gasteiger partial charge in [-0.05, 0) is 38.1 Å². The van der Waals surface area contributed by atoms with Crippen molar-refractivity contribution in [2.24, 2.45) is 5.16 Å². The van der Waals surface area contributed by atoms with Gasteiger partial charge in [-0.25, -0.2) is 4.79 Å². The number of carbonyl (C=O) groups excluding carboxylic acids is 1. The Balaban J connectivity index is 1.65. The number of carbonyl (C=O) groups is 1. The second-order valence-corrected chi connectivity index (χ2v) is 5.48. The van der Waals surface area contributed by atoms with Crippen LogP contribution in [0.15, 0.2) is 33.8 Å². The second kappa shape index (κ2) is 7.29. The Kier molecular flexibility index (Phi) is 4.92. The topological polar surface area (TPSA) is 79.5 Å². The Morgan fingerprint density at radius 3 is 2.72 bits per heavy atom. The second-order valence-electron chi connectivity index (χ2n) is 5.48. The first-order valence-electron chi connectivity index (χ1n) is 7.82. The lowest BCUT2D eigenvalue weighted by Crippen LogP contribution is -2.15. The van der Waals surface area contributed by atoms with E-state index >= 15 is 0 Å². The molecule has 25 heavy (non-hydrogen) atoms. The van der Waals surface area contributed by atoms with Crippen molar-refractivity contribution in [3.63, 3.8) is 0 Å². The van der Waals surface area contributed by atoms with E-state index in [0.29, 0.717) is 41.8 Å². The number of hydrogen-bond acceptors (Lipinski definition) is 7. The van der Waals surface area contributed by atoms with Gasteiger partial charge in [-0.2, -0.15) is 0 Å². The average Bonchev–Trinajstić information content (AvgIpc) is 3.01. The standard InChI is InChI=1S/C18H19NO6/c1-11(13-4-5-16-17(8-13)23-7-6-22-16)19-24-10-14-9-15(12(2)25-14)18(20)21-3/h4-5,8-9H,6-7,10H2,1-3H3/b19-11+. The van der Waals surface area contributed by atoms with Crippen molar-refractivity contribution >= 4 is 11.7 Å². The first kappa shape index (κ1) is 16.9. The lowest BCUT2D eigenvalue weighted by atomic mass is 10.1. The molecule has 0 saturated carbocycles. The van der Waals surface area contributed by atoms with Gasteiger partial charge < -0.3 is 23.5 Å². The zero-order valence-corrected chi connectivity index (χ0v) is 14.3. The van der Waals surface area contributed by atoms with Crippen LogP contribution in [0.1, 0.15) is 34.4 Å². The molecule has 132 valence electrons. The lowest BCUT2D eigenvalue weighted by molar-refractivity contribution is 0.0599. The van der Waals surface area contributed by atoms with E-state index in [1.165, 1.54) is 7.11 Å². The number of ether oxygens (including phenoxy) is 3. The summed E-state index contributed by atoms with van der Waals surface area (Å²) >= 11 is 0. The quantitative estimate of drug-likeness (QED) is 0.471. The third-order valence-corrected chi connectivity index (χ3v) is 3.74. The molecule has 0 radical (unpaired) electrons. The highest BCUT2D eigenvalue weighted by molar-refractivity contribution is 5.98. The summed E-state index contributed by atoms with van der Waals surface area (Å²) in [6.45, 7) is 4.72. The fourth-order valence-corrected chi connectivity index (χ4v) is 2.44. The first-order valence-corrected chi connectivity index (χ1v) is 7.82. The summed E-state index contributed by atoms with van der Waals surface area (Å²) in [4.78, 5) is 16.9. The van der Waals surface area contributed by atoms with Crippen molar-refractivity contribution in [3.05, 3.63) is 46.9 Å². The molecule has 0 N–H and O–H groups in total. The minimum atomic E-state index is -0.441. The highest BCUT2D eigenvalue weighted by atomic mass is 16.6. The Hall–Kier alpha value is -2.96. The summed E-state index contributed by atoms with van der Waals surface area (Å²) in [7, 11) is 1.33. The van der Waals surface area contributed by atoms with E-state index < -0.39 is 5.97 Å². The molecule has 2 heterocycles. The van der Waals surface area contributed by atoms with Gasteiger partial charge in [-0.1, -0.05) is 5.16 Å². The van der Waals surface area contributed by atoms with Gasteiger partial charge in [-0.15, -0.1) is 0 Å². The Morgan fingerprint density at radius 2 is 1.96 bits per heavy atom. The number of benzene rings is 1. The zero-order valence-electron chi connectivity index (χ0n) is 14.3. The van der Waals surface area contributed by atoms with Crippen LogP contribution in [0, 0.1) is 6.92 Å². The van der Waals surface area contributed by atoms with Crippen molar-refractivity contribution in [1.29, 1.82) is 0 Å². The molecule has 7 heteroatoms. The molecule has 3 rings (SSSR count). The maximum Gasteiger partial charge on any atom is 0.341 e. The maximum atomic E-state index is 11.6. The largest absolute Gasteiger partial charge is 0.486 e. The molecule has 0 fully saturated rings. The van der Waals surface area contributed by atoms with E-state index in [9.17, 15) is 4.79 Å². The molecule has 1 aromatic heterocycles. The third-order valence-electron chi connectivity index (χ3n) is 3.74. The van der Waals surface area contributed by atoms with Gasteiger partial charge in [0.1, 0.15) is 30.3 Å². The minimum absolute atomic E-state index is 0.111. The molecule has 0 atom stereocenters. The minimum Gasteiger partial charge on any atom is -0.486 e. The maximum absolute atomic E-state index is 11.6. The molecular formula is C18H19NO6. The van der Waals surface area contributed by atoms with Gasteiger partial charge in [0.15, 0.2) is 18.1 Å². The Morgan fingerprint density at radius 1 is 1.20 bits per heavy atom. The number of nitrogens with zero attached hydrogens (tertiary/aromatic N) is 1. The van der Waals surface area contributed by atoms with Gasteiger partial charge in [0.25, 0.3) is 0 Å². The summed E-state index contributed by atoms with van der Waals surface area (Å²) in [5, 5.41) is 4.09. The number of oxime groups is 1. The molecule has 0 unspecified atom stereocenters. The first-order chi connectivity index (χ1) is 12.1. The van der Waals surface area contributed by atoms with Gasteiger partial charge in [0.2, 0.25) is 0 Å². The summed E-state index contributed by atoms with van der Waals surface area (Å²) in [5.74, 6) is 1.96. The predicted molar refractivity (Wildman–Crippen MR) is 89.2 cm³/mol. The highest BCUT2D eigenvalue weighted by Gasteiger charge is 2.16. The monoisotopic (exact) mass is 345 g/mol. The van der Waals surface area contributed by atoms with Crippen LogP contribution in [0.2, 0.25) is 0 Å². The van der Waals surface area contributed by atoms with Crippen LogP contribution < -0.4 is 9.47 Å². The van der Waals surface area contributed by atoms with Crippen LogP contribution in [0.5, 0.6) is 11.5 Å². The molecule has 1 aromatic carbocycles. The summed E-state index contributed by atoms with van der Waals surface area (Å²) in [6.07, 6.45) is 0.